The molecule has 0 bridgehead atoms. The van der Waals surface area contributed by atoms with Gasteiger partial charge in [0, 0.05) is 6.04 Å². The van der Waals surface area contributed by atoms with Gasteiger partial charge in [0.05, 0.1) is 0 Å². The van der Waals surface area contributed by atoms with E-state index < -0.39 is 11.5 Å². The standard InChI is InChI=1S/C13H25NO3/c1-5-6-7-8-9-13(4,12(16)17)14(10-15)11(2)3/h10-11H,5-9H2,1-4H3,(H,16,17). The summed E-state index contributed by atoms with van der Waals surface area (Å²) in [6.07, 6.45) is 5.25. The van der Waals surface area contributed by atoms with Gasteiger partial charge in [0.1, 0.15) is 5.54 Å². The highest BCUT2D eigenvalue weighted by Gasteiger charge is 2.39. The lowest BCUT2D eigenvalue weighted by Gasteiger charge is -2.38. The number of carboxylic acids is 1. The maximum absolute atomic E-state index is 11.4. The van der Waals surface area contributed by atoms with E-state index in [4.69, 9.17) is 0 Å². The Morgan fingerprint density at radius 2 is 1.94 bits per heavy atom. The quantitative estimate of drug-likeness (QED) is 0.500. The summed E-state index contributed by atoms with van der Waals surface area (Å²) in [4.78, 5) is 23.8. The summed E-state index contributed by atoms with van der Waals surface area (Å²) >= 11 is 0. The molecule has 1 unspecified atom stereocenters. The van der Waals surface area contributed by atoms with Crippen LogP contribution in [0.25, 0.3) is 0 Å². The molecule has 0 aliphatic heterocycles. The van der Waals surface area contributed by atoms with Crippen LogP contribution in [0, 0.1) is 0 Å². The third kappa shape index (κ3) is 4.36. The number of hydrogen-bond donors (Lipinski definition) is 1. The first-order valence-electron chi connectivity index (χ1n) is 6.37. The molecule has 1 atom stereocenters. The second-order valence-corrected chi connectivity index (χ2v) is 5.00. The van der Waals surface area contributed by atoms with Crippen LogP contribution in [0.4, 0.5) is 0 Å². The molecule has 100 valence electrons. The minimum absolute atomic E-state index is 0.0974. The maximum atomic E-state index is 11.4. The van der Waals surface area contributed by atoms with Crippen LogP contribution in [-0.4, -0.2) is 34.0 Å². The second kappa shape index (κ2) is 7.30. The van der Waals surface area contributed by atoms with Gasteiger partial charge in [-0.3, -0.25) is 4.79 Å². The molecule has 0 aromatic carbocycles. The Morgan fingerprint density at radius 1 is 1.35 bits per heavy atom. The third-order valence-corrected chi connectivity index (χ3v) is 3.22. The van der Waals surface area contributed by atoms with Crippen molar-refractivity contribution in [2.75, 3.05) is 0 Å². The van der Waals surface area contributed by atoms with Gasteiger partial charge >= 0.3 is 5.97 Å². The molecule has 4 heteroatoms. The highest BCUT2D eigenvalue weighted by Crippen LogP contribution is 2.24. The molecular formula is C13H25NO3. The van der Waals surface area contributed by atoms with E-state index in [2.05, 4.69) is 6.92 Å². The van der Waals surface area contributed by atoms with Crippen LogP contribution >= 0.6 is 0 Å². The van der Waals surface area contributed by atoms with Crippen molar-refractivity contribution in [3.05, 3.63) is 0 Å². The molecule has 0 saturated carbocycles. The maximum Gasteiger partial charge on any atom is 0.329 e. The highest BCUT2D eigenvalue weighted by molar-refractivity contribution is 5.81. The highest BCUT2D eigenvalue weighted by atomic mass is 16.4. The van der Waals surface area contributed by atoms with Crippen molar-refractivity contribution in [2.24, 2.45) is 0 Å². The number of hydrogen-bond acceptors (Lipinski definition) is 2. The summed E-state index contributed by atoms with van der Waals surface area (Å²) in [5.41, 5.74) is -1.08. The van der Waals surface area contributed by atoms with Gasteiger partial charge in [-0.2, -0.15) is 0 Å². The van der Waals surface area contributed by atoms with E-state index in [0.29, 0.717) is 12.8 Å². The Kier molecular flexibility index (Phi) is 6.85. The monoisotopic (exact) mass is 243 g/mol. The number of nitrogens with zero attached hydrogens (tertiary/aromatic N) is 1. The van der Waals surface area contributed by atoms with E-state index in [-0.39, 0.29) is 6.04 Å². The van der Waals surface area contributed by atoms with E-state index in [0.717, 1.165) is 25.7 Å². The van der Waals surface area contributed by atoms with Crippen LogP contribution in [0.2, 0.25) is 0 Å². The fraction of sp³-hybridized carbons (Fsp3) is 0.846. The summed E-state index contributed by atoms with van der Waals surface area (Å²) in [5, 5.41) is 9.34. The number of carboxylic acid groups (broad SMARTS) is 1. The molecule has 0 rings (SSSR count). The van der Waals surface area contributed by atoms with Crippen molar-refractivity contribution in [1.29, 1.82) is 0 Å². The average Bonchev–Trinajstić information content (AvgIpc) is 2.24. The van der Waals surface area contributed by atoms with Crippen molar-refractivity contribution in [2.45, 2.75) is 71.4 Å². The Balaban J connectivity index is 4.65. The molecule has 4 nitrogen and oxygen atoms in total. The van der Waals surface area contributed by atoms with Gasteiger partial charge in [0.2, 0.25) is 6.41 Å². The fourth-order valence-corrected chi connectivity index (χ4v) is 2.05. The van der Waals surface area contributed by atoms with Crippen LogP contribution in [-0.2, 0) is 9.59 Å². The normalized spacial score (nSPS) is 14.4. The molecule has 1 amide bonds. The van der Waals surface area contributed by atoms with Crippen molar-refractivity contribution in [1.82, 2.24) is 4.90 Å². The number of rotatable bonds is 9. The molecule has 0 aromatic rings. The number of unbranched alkanes of at least 4 members (excludes halogenated alkanes) is 3. The van der Waals surface area contributed by atoms with Gasteiger partial charge in [0.25, 0.3) is 0 Å². The summed E-state index contributed by atoms with van der Waals surface area (Å²) in [6.45, 7) is 7.42. The summed E-state index contributed by atoms with van der Waals surface area (Å²) < 4.78 is 0. The third-order valence-electron chi connectivity index (χ3n) is 3.22. The van der Waals surface area contributed by atoms with Gasteiger partial charge in [-0.25, -0.2) is 4.79 Å². The molecule has 0 aliphatic rings. The Labute approximate surface area is 104 Å². The Bertz CT molecular complexity index is 253. The first kappa shape index (κ1) is 15.9. The second-order valence-electron chi connectivity index (χ2n) is 5.00. The lowest BCUT2D eigenvalue weighted by Crippen LogP contribution is -2.54. The predicted octanol–water partition coefficient (Wildman–Crippen LogP) is 2.67. The van der Waals surface area contributed by atoms with E-state index in [9.17, 15) is 14.7 Å². The van der Waals surface area contributed by atoms with Crippen molar-refractivity contribution < 1.29 is 14.7 Å². The Morgan fingerprint density at radius 3 is 2.29 bits per heavy atom. The van der Waals surface area contributed by atoms with E-state index >= 15 is 0 Å². The smallest absolute Gasteiger partial charge is 0.329 e. The molecule has 0 heterocycles. The minimum Gasteiger partial charge on any atom is -0.480 e. The fourth-order valence-electron chi connectivity index (χ4n) is 2.05. The molecule has 0 aromatic heterocycles. The van der Waals surface area contributed by atoms with Crippen LogP contribution < -0.4 is 0 Å². The van der Waals surface area contributed by atoms with Gasteiger partial charge < -0.3 is 10.0 Å². The van der Waals surface area contributed by atoms with E-state index in [1.54, 1.807) is 6.92 Å². The largest absolute Gasteiger partial charge is 0.480 e. The molecule has 0 radical (unpaired) electrons. The lowest BCUT2D eigenvalue weighted by atomic mass is 9.91. The summed E-state index contributed by atoms with van der Waals surface area (Å²) in [5.74, 6) is -0.921. The van der Waals surface area contributed by atoms with E-state index in [1.165, 1.54) is 4.90 Å². The molecule has 0 aliphatic carbocycles. The van der Waals surface area contributed by atoms with Crippen molar-refractivity contribution in [3.8, 4) is 0 Å². The molecule has 0 spiro atoms. The number of amides is 1. The number of aliphatic carboxylic acids is 1. The predicted molar refractivity (Wildman–Crippen MR) is 67.8 cm³/mol. The van der Waals surface area contributed by atoms with Crippen molar-refractivity contribution >= 4 is 12.4 Å². The van der Waals surface area contributed by atoms with Crippen molar-refractivity contribution in [3.63, 3.8) is 0 Å². The summed E-state index contributed by atoms with van der Waals surface area (Å²) in [6, 6.07) is -0.0974. The van der Waals surface area contributed by atoms with Crippen LogP contribution in [0.15, 0.2) is 0 Å². The Hall–Kier alpha value is -1.06. The zero-order chi connectivity index (χ0) is 13.5. The molecule has 17 heavy (non-hydrogen) atoms. The SMILES string of the molecule is CCCCCCC(C)(C(=O)O)N(C=O)C(C)C. The van der Waals surface area contributed by atoms with Gasteiger partial charge in [-0.1, -0.05) is 32.6 Å². The molecular weight excluding hydrogens is 218 g/mol. The van der Waals surface area contributed by atoms with Gasteiger partial charge in [-0.05, 0) is 27.2 Å². The van der Waals surface area contributed by atoms with Gasteiger partial charge in [0.15, 0.2) is 0 Å². The van der Waals surface area contributed by atoms with E-state index in [1.807, 2.05) is 13.8 Å². The summed E-state index contributed by atoms with van der Waals surface area (Å²) in [7, 11) is 0. The van der Waals surface area contributed by atoms with Gasteiger partial charge in [-0.15, -0.1) is 0 Å². The molecule has 0 saturated heterocycles. The zero-order valence-corrected chi connectivity index (χ0v) is 11.4. The average molecular weight is 243 g/mol. The minimum atomic E-state index is -1.08. The zero-order valence-electron chi connectivity index (χ0n) is 11.4. The number of carbonyl (C=O) groups excluding carboxylic acids is 1. The van der Waals surface area contributed by atoms with Crippen LogP contribution in [0.3, 0.4) is 0 Å². The van der Waals surface area contributed by atoms with Crippen LogP contribution in [0.5, 0.6) is 0 Å². The number of carbonyl (C=O) groups is 2. The first-order valence-corrected chi connectivity index (χ1v) is 6.37. The lowest BCUT2D eigenvalue weighted by molar-refractivity contribution is -0.156. The first-order chi connectivity index (χ1) is 7.90. The molecule has 1 N–H and O–H groups in total. The molecule has 0 fully saturated rings. The topological polar surface area (TPSA) is 57.6 Å². The van der Waals surface area contributed by atoms with Crippen LogP contribution in [0.1, 0.15) is 59.8 Å².